The Balaban J connectivity index is 1.79. The van der Waals surface area contributed by atoms with E-state index in [0.717, 1.165) is 16.8 Å². The molecule has 3 aromatic rings. The van der Waals surface area contributed by atoms with E-state index in [4.69, 9.17) is 11.6 Å². The van der Waals surface area contributed by atoms with Gasteiger partial charge in [-0.1, -0.05) is 35.9 Å². The summed E-state index contributed by atoms with van der Waals surface area (Å²) in [5.41, 5.74) is 3.78. The van der Waals surface area contributed by atoms with E-state index in [1.165, 1.54) is 0 Å². The van der Waals surface area contributed by atoms with Crippen LogP contribution >= 0.6 is 11.6 Å². The van der Waals surface area contributed by atoms with Gasteiger partial charge in [-0.05, 0) is 42.7 Å². The smallest absolute Gasteiger partial charge is 0.240 e. The minimum atomic E-state index is -1.13. The first-order valence-electron chi connectivity index (χ1n) is 8.98. The second-order valence-electron chi connectivity index (χ2n) is 7.36. The maximum atomic E-state index is 13.1. The first-order valence-corrected chi connectivity index (χ1v) is 9.36. The number of halogens is 1. The van der Waals surface area contributed by atoms with Crippen molar-refractivity contribution in [3.05, 3.63) is 69.9 Å². The Kier molecular flexibility index (Phi) is 3.46. The zero-order valence-corrected chi connectivity index (χ0v) is 16.1. The van der Waals surface area contributed by atoms with Crippen LogP contribution < -0.4 is 10.6 Å². The summed E-state index contributed by atoms with van der Waals surface area (Å²) in [6, 6.07) is 11.4. The highest BCUT2D eigenvalue weighted by Crippen LogP contribution is 2.51. The van der Waals surface area contributed by atoms with E-state index in [1.54, 1.807) is 23.0 Å². The summed E-state index contributed by atoms with van der Waals surface area (Å²) in [6.45, 7) is 3.99. The molecule has 0 bridgehead atoms. The van der Waals surface area contributed by atoms with Gasteiger partial charge in [0.15, 0.2) is 0 Å². The van der Waals surface area contributed by atoms with E-state index in [1.807, 2.05) is 38.1 Å². The highest BCUT2D eigenvalue weighted by Gasteiger charge is 2.54. The average Bonchev–Trinajstić information content (AvgIpc) is 3.19. The second-order valence-corrected chi connectivity index (χ2v) is 7.76. The molecular formula is C21H17ClN4O2. The number of hydrogen-bond acceptors (Lipinski definition) is 3. The first kappa shape index (κ1) is 17.0. The van der Waals surface area contributed by atoms with Crippen LogP contribution in [0.1, 0.15) is 28.7 Å². The molecule has 2 aromatic carbocycles. The molecule has 2 aliphatic rings. The van der Waals surface area contributed by atoms with Crippen molar-refractivity contribution in [2.24, 2.45) is 0 Å². The summed E-state index contributed by atoms with van der Waals surface area (Å²) < 4.78 is 1.70. The number of nitrogens with one attached hydrogen (secondary N) is 2. The standard InChI is InChI=1S/C21H17ClN4O2/c1-11-6-7-12(2)16(8-11)26-19-14(10-23-26)21(9-17(27)24-19)13-4-3-5-15(22)18(13)25-20(21)28/h3-8,10H,9H2,1-2H3,(H,24,27)(H,25,28)/t21-/m1/s1. The Morgan fingerprint density at radius 2 is 1.93 bits per heavy atom. The number of carbonyl (C=O) groups excluding carboxylic acids is 2. The van der Waals surface area contributed by atoms with E-state index in [-0.39, 0.29) is 18.2 Å². The number of para-hydroxylation sites is 1. The van der Waals surface area contributed by atoms with Gasteiger partial charge < -0.3 is 10.6 Å². The number of benzene rings is 2. The maximum Gasteiger partial charge on any atom is 0.240 e. The fourth-order valence-electron chi connectivity index (χ4n) is 4.22. The molecule has 2 aliphatic heterocycles. The van der Waals surface area contributed by atoms with Crippen LogP contribution in [-0.2, 0) is 15.0 Å². The highest BCUT2D eigenvalue weighted by atomic mass is 35.5. The largest absolute Gasteiger partial charge is 0.323 e. The van der Waals surface area contributed by atoms with Crippen LogP contribution in [0.5, 0.6) is 0 Å². The molecule has 2 N–H and O–H groups in total. The minimum absolute atomic E-state index is 0.0116. The van der Waals surface area contributed by atoms with Gasteiger partial charge in [0.25, 0.3) is 0 Å². The molecule has 2 amide bonds. The van der Waals surface area contributed by atoms with Gasteiger partial charge in [-0.15, -0.1) is 0 Å². The monoisotopic (exact) mass is 392 g/mol. The number of amides is 2. The van der Waals surface area contributed by atoms with Gasteiger partial charge in [-0.2, -0.15) is 5.10 Å². The van der Waals surface area contributed by atoms with E-state index in [2.05, 4.69) is 15.7 Å². The topological polar surface area (TPSA) is 76.0 Å². The van der Waals surface area contributed by atoms with Crippen molar-refractivity contribution in [2.45, 2.75) is 25.7 Å². The summed E-state index contributed by atoms with van der Waals surface area (Å²) in [5, 5.41) is 10.8. The zero-order valence-electron chi connectivity index (χ0n) is 15.3. The third-order valence-corrected chi connectivity index (χ3v) is 5.92. The van der Waals surface area contributed by atoms with Crippen LogP contribution in [0.3, 0.4) is 0 Å². The summed E-state index contributed by atoms with van der Waals surface area (Å²) in [6.07, 6.45) is 1.68. The van der Waals surface area contributed by atoms with Gasteiger partial charge in [-0.25, -0.2) is 4.68 Å². The normalized spacial score (nSPS) is 20.0. The number of aryl methyl sites for hydroxylation is 2. The van der Waals surface area contributed by atoms with Crippen LogP contribution in [0.15, 0.2) is 42.6 Å². The van der Waals surface area contributed by atoms with Crippen molar-refractivity contribution in [1.29, 1.82) is 0 Å². The molecule has 6 nitrogen and oxygen atoms in total. The number of aromatic nitrogens is 2. The Morgan fingerprint density at radius 3 is 2.75 bits per heavy atom. The molecule has 0 fully saturated rings. The summed E-state index contributed by atoms with van der Waals surface area (Å²) in [7, 11) is 0. The fourth-order valence-corrected chi connectivity index (χ4v) is 4.44. The van der Waals surface area contributed by atoms with E-state index < -0.39 is 5.41 Å². The lowest BCUT2D eigenvalue weighted by atomic mass is 9.72. The van der Waals surface area contributed by atoms with E-state index in [0.29, 0.717) is 27.7 Å². The number of carbonyl (C=O) groups is 2. The molecule has 3 heterocycles. The molecule has 0 radical (unpaired) electrons. The average molecular weight is 393 g/mol. The third kappa shape index (κ3) is 2.12. The quantitative estimate of drug-likeness (QED) is 0.662. The Morgan fingerprint density at radius 1 is 1.11 bits per heavy atom. The predicted octanol–water partition coefficient (Wildman–Crippen LogP) is 3.72. The van der Waals surface area contributed by atoms with Crippen molar-refractivity contribution >= 4 is 34.9 Å². The van der Waals surface area contributed by atoms with Crippen molar-refractivity contribution in [2.75, 3.05) is 10.6 Å². The molecule has 140 valence electrons. The van der Waals surface area contributed by atoms with Gasteiger partial charge >= 0.3 is 0 Å². The number of fused-ring (bicyclic) bond motifs is 4. The van der Waals surface area contributed by atoms with Crippen molar-refractivity contribution in [1.82, 2.24) is 9.78 Å². The lowest BCUT2D eigenvalue weighted by Gasteiger charge is -2.31. The highest BCUT2D eigenvalue weighted by molar-refractivity contribution is 6.35. The SMILES string of the molecule is Cc1ccc(C)c(-n2ncc3c2NC(=O)C[C@]32C(=O)Nc3c(Cl)cccc32)c1. The molecule has 28 heavy (non-hydrogen) atoms. The summed E-state index contributed by atoms with van der Waals surface area (Å²) in [5.74, 6) is 0.0303. The molecular weight excluding hydrogens is 376 g/mol. The van der Waals surface area contributed by atoms with Crippen LogP contribution in [0.25, 0.3) is 5.69 Å². The lowest BCUT2D eigenvalue weighted by Crippen LogP contribution is -2.43. The van der Waals surface area contributed by atoms with E-state index >= 15 is 0 Å². The van der Waals surface area contributed by atoms with Crippen LogP contribution in [0.2, 0.25) is 5.02 Å². The number of anilines is 2. The lowest BCUT2D eigenvalue weighted by molar-refractivity contribution is -0.125. The third-order valence-electron chi connectivity index (χ3n) is 5.60. The van der Waals surface area contributed by atoms with Crippen molar-refractivity contribution in [3.63, 3.8) is 0 Å². The van der Waals surface area contributed by atoms with Crippen molar-refractivity contribution in [3.8, 4) is 5.69 Å². The molecule has 1 atom stereocenters. The number of nitrogens with zero attached hydrogens (tertiary/aromatic N) is 2. The Bertz CT molecular complexity index is 1180. The second kappa shape index (κ2) is 5.69. The molecule has 0 saturated carbocycles. The Hall–Kier alpha value is -3.12. The molecule has 1 aromatic heterocycles. The summed E-state index contributed by atoms with van der Waals surface area (Å²) in [4.78, 5) is 25.8. The minimum Gasteiger partial charge on any atom is -0.323 e. The zero-order chi connectivity index (χ0) is 19.6. The van der Waals surface area contributed by atoms with Gasteiger partial charge in [0.1, 0.15) is 11.2 Å². The first-order chi connectivity index (χ1) is 13.4. The van der Waals surface area contributed by atoms with E-state index in [9.17, 15) is 9.59 Å². The molecule has 0 aliphatic carbocycles. The fraction of sp³-hybridized carbons (Fsp3) is 0.190. The number of rotatable bonds is 1. The Labute approximate surface area is 166 Å². The summed E-state index contributed by atoms with van der Waals surface area (Å²) >= 11 is 6.30. The van der Waals surface area contributed by atoms with Crippen molar-refractivity contribution < 1.29 is 9.59 Å². The van der Waals surface area contributed by atoms with Crippen LogP contribution in [0.4, 0.5) is 11.5 Å². The van der Waals surface area contributed by atoms with Gasteiger partial charge in [-0.3, -0.25) is 9.59 Å². The van der Waals surface area contributed by atoms with Gasteiger partial charge in [0.05, 0.1) is 22.6 Å². The molecule has 7 heteroatoms. The van der Waals surface area contributed by atoms with Gasteiger partial charge in [0.2, 0.25) is 11.8 Å². The van der Waals surface area contributed by atoms with Crippen LogP contribution in [0, 0.1) is 13.8 Å². The molecule has 0 unspecified atom stereocenters. The molecule has 1 spiro atoms. The van der Waals surface area contributed by atoms with Gasteiger partial charge in [0, 0.05) is 12.0 Å². The number of hydrogen-bond donors (Lipinski definition) is 2. The maximum absolute atomic E-state index is 13.1. The van der Waals surface area contributed by atoms with Crippen LogP contribution in [-0.4, -0.2) is 21.6 Å². The molecule has 0 saturated heterocycles. The molecule has 5 rings (SSSR count). The predicted molar refractivity (Wildman–Crippen MR) is 107 cm³/mol.